The van der Waals surface area contributed by atoms with Gasteiger partial charge in [-0.2, -0.15) is 0 Å². The van der Waals surface area contributed by atoms with Crippen LogP contribution >= 0.6 is 24.8 Å². The molecular weight excluding hydrogens is 271 g/mol. The SMILES string of the molecule is CNc1ccc(O)c(CN2CCCCC2)c1.Cl.Cl. The summed E-state index contributed by atoms with van der Waals surface area (Å²) in [6.45, 7) is 3.17. The highest BCUT2D eigenvalue weighted by Gasteiger charge is 2.12. The van der Waals surface area contributed by atoms with E-state index in [2.05, 4.69) is 10.2 Å². The van der Waals surface area contributed by atoms with E-state index < -0.39 is 0 Å². The third kappa shape index (κ3) is 4.56. The van der Waals surface area contributed by atoms with Crippen molar-refractivity contribution in [2.45, 2.75) is 25.8 Å². The van der Waals surface area contributed by atoms with Crippen LogP contribution in [0.2, 0.25) is 0 Å². The summed E-state index contributed by atoms with van der Waals surface area (Å²) in [5.41, 5.74) is 2.08. The Bertz CT molecular complexity index is 355. The van der Waals surface area contributed by atoms with Gasteiger partial charge in [0.05, 0.1) is 0 Å². The summed E-state index contributed by atoms with van der Waals surface area (Å²) in [4.78, 5) is 2.41. The first-order valence-corrected chi connectivity index (χ1v) is 6.01. The molecule has 104 valence electrons. The van der Waals surface area contributed by atoms with E-state index >= 15 is 0 Å². The molecule has 5 heteroatoms. The van der Waals surface area contributed by atoms with E-state index in [1.165, 1.54) is 19.3 Å². The van der Waals surface area contributed by atoms with Crippen LogP contribution < -0.4 is 5.32 Å². The molecule has 0 atom stereocenters. The number of phenolic OH excluding ortho intramolecular Hbond substituents is 1. The summed E-state index contributed by atoms with van der Waals surface area (Å²) in [5.74, 6) is 0.407. The molecule has 0 aromatic heterocycles. The maximum Gasteiger partial charge on any atom is 0.120 e. The minimum absolute atomic E-state index is 0. The second-order valence-corrected chi connectivity index (χ2v) is 4.43. The minimum atomic E-state index is 0. The lowest BCUT2D eigenvalue weighted by Gasteiger charge is -2.26. The maximum atomic E-state index is 9.81. The van der Waals surface area contributed by atoms with E-state index in [0.29, 0.717) is 5.75 Å². The van der Waals surface area contributed by atoms with Crippen LogP contribution in [0.3, 0.4) is 0 Å². The topological polar surface area (TPSA) is 35.5 Å². The fourth-order valence-electron chi connectivity index (χ4n) is 2.23. The van der Waals surface area contributed by atoms with Crippen LogP contribution in [0.4, 0.5) is 5.69 Å². The first-order chi connectivity index (χ1) is 7.79. The lowest BCUT2D eigenvalue weighted by atomic mass is 10.1. The molecule has 2 rings (SSSR count). The number of hydrogen-bond donors (Lipinski definition) is 2. The van der Waals surface area contributed by atoms with Gasteiger partial charge in [-0.3, -0.25) is 4.90 Å². The average molecular weight is 293 g/mol. The Morgan fingerprint density at radius 2 is 1.83 bits per heavy atom. The van der Waals surface area contributed by atoms with Crippen LogP contribution in [-0.4, -0.2) is 30.1 Å². The molecule has 0 unspecified atom stereocenters. The summed E-state index contributed by atoms with van der Waals surface area (Å²) in [6, 6.07) is 5.70. The van der Waals surface area contributed by atoms with Crippen LogP contribution in [0.1, 0.15) is 24.8 Å². The molecule has 1 heterocycles. The van der Waals surface area contributed by atoms with Crippen molar-refractivity contribution in [3.05, 3.63) is 23.8 Å². The molecule has 0 spiro atoms. The number of aromatic hydroxyl groups is 1. The smallest absolute Gasteiger partial charge is 0.120 e. The highest BCUT2D eigenvalue weighted by molar-refractivity contribution is 5.85. The number of benzene rings is 1. The van der Waals surface area contributed by atoms with Crippen molar-refractivity contribution in [2.75, 3.05) is 25.5 Å². The Balaban J connectivity index is 0.00000144. The van der Waals surface area contributed by atoms with Gasteiger partial charge in [0.15, 0.2) is 0 Å². The molecule has 1 saturated heterocycles. The Morgan fingerprint density at radius 3 is 2.44 bits per heavy atom. The molecule has 1 fully saturated rings. The highest BCUT2D eigenvalue weighted by Crippen LogP contribution is 2.24. The fraction of sp³-hybridized carbons (Fsp3) is 0.538. The standard InChI is InChI=1S/C13H20N2O.2ClH/c1-14-12-5-6-13(16)11(9-12)10-15-7-3-2-4-8-15;;/h5-6,9,14,16H,2-4,7-8,10H2,1H3;2*1H. The van der Waals surface area contributed by atoms with Gasteiger partial charge in [0.1, 0.15) is 5.75 Å². The molecule has 0 bridgehead atoms. The van der Waals surface area contributed by atoms with E-state index in [9.17, 15) is 5.11 Å². The van der Waals surface area contributed by atoms with Crippen molar-refractivity contribution in [3.8, 4) is 5.75 Å². The summed E-state index contributed by atoms with van der Waals surface area (Å²) in [7, 11) is 1.90. The number of nitrogens with zero attached hydrogens (tertiary/aromatic N) is 1. The molecule has 0 aliphatic carbocycles. The van der Waals surface area contributed by atoms with Gasteiger partial charge in [0, 0.05) is 24.8 Å². The minimum Gasteiger partial charge on any atom is -0.508 e. The number of nitrogens with one attached hydrogen (secondary N) is 1. The number of piperidine rings is 1. The molecule has 1 aliphatic rings. The fourth-order valence-corrected chi connectivity index (χ4v) is 2.23. The maximum absolute atomic E-state index is 9.81. The molecule has 18 heavy (non-hydrogen) atoms. The molecular formula is C13H22Cl2N2O. The first kappa shape index (κ1) is 17.4. The lowest BCUT2D eigenvalue weighted by Crippen LogP contribution is -2.29. The summed E-state index contributed by atoms with van der Waals surface area (Å²) in [6.07, 6.45) is 3.91. The molecule has 3 nitrogen and oxygen atoms in total. The highest BCUT2D eigenvalue weighted by atomic mass is 35.5. The second-order valence-electron chi connectivity index (χ2n) is 4.43. The second kappa shape index (κ2) is 8.46. The molecule has 0 saturated carbocycles. The van der Waals surface area contributed by atoms with Gasteiger partial charge in [-0.15, -0.1) is 24.8 Å². The van der Waals surface area contributed by atoms with E-state index in [0.717, 1.165) is 30.9 Å². The quantitative estimate of drug-likeness (QED) is 0.840. The molecule has 1 aliphatic heterocycles. The van der Waals surface area contributed by atoms with Gasteiger partial charge in [-0.1, -0.05) is 6.42 Å². The van der Waals surface area contributed by atoms with E-state index in [-0.39, 0.29) is 24.8 Å². The lowest BCUT2D eigenvalue weighted by molar-refractivity contribution is 0.218. The van der Waals surface area contributed by atoms with Crippen molar-refractivity contribution in [1.29, 1.82) is 0 Å². The van der Waals surface area contributed by atoms with Gasteiger partial charge in [0.2, 0.25) is 0 Å². The third-order valence-corrected chi connectivity index (χ3v) is 3.21. The van der Waals surface area contributed by atoms with Gasteiger partial charge in [-0.25, -0.2) is 0 Å². The Hall–Kier alpha value is -0.640. The average Bonchev–Trinajstić information content (AvgIpc) is 2.33. The predicted octanol–water partition coefficient (Wildman–Crippen LogP) is 3.26. The summed E-state index contributed by atoms with van der Waals surface area (Å²) >= 11 is 0. The van der Waals surface area contributed by atoms with E-state index in [4.69, 9.17) is 0 Å². The van der Waals surface area contributed by atoms with Crippen LogP contribution in [0, 0.1) is 0 Å². The van der Waals surface area contributed by atoms with E-state index in [1.807, 2.05) is 19.2 Å². The number of phenols is 1. The summed E-state index contributed by atoms with van der Waals surface area (Å²) in [5, 5.41) is 12.9. The molecule has 0 radical (unpaired) electrons. The van der Waals surface area contributed by atoms with Gasteiger partial charge < -0.3 is 10.4 Å². The van der Waals surface area contributed by atoms with Crippen LogP contribution in [0.5, 0.6) is 5.75 Å². The normalized spacial score (nSPS) is 15.4. The van der Waals surface area contributed by atoms with Crippen molar-refractivity contribution in [2.24, 2.45) is 0 Å². The molecule has 1 aromatic rings. The first-order valence-electron chi connectivity index (χ1n) is 6.01. The number of anilines is 1. The van der Waals surface area contributed by atoms with Gasteiger partial charge in [-0.05, 0) is 44.1 Å². The van der Waals surface area contributed by atoms with Crippen LogP contribution in [0.25, 0.3) is 0 Å². The van der Waals surface area contributed by atoms with Crippen molar-refractivity contribution >= 4 is 30.5 Å². The monoisotopic (exact) mass is 292 g/mol. The number of halogens is 2. The van der Waals surface area contributed by atoms with Crippen molar-refractivity contribution in [1.82, 2.24) is 4.90 Å². The Labute approximate surface area is 121 Å². The van der Waals surface area contributed by atoms with Crippen molar-refractivity contribution < 1.29 is 5.11 Å². The van der Waals surface area contributed by atoms with Gasteiger partial charge >= 0.3 is 0 Å². The largest absolute Gasteiger partial charge is 0.508 e. The van der Waals surface area contributed by atoms with Crippen LogP contribution in [0.15, 0.2) is 18.2 Å². The zero-order valence-corrected chi connectivity index (χ0v) is 12.3. The molecule has 0 amide bonds. The van der Waals surface area contributed by atoms with Crippen LogP contribution in [-0.2, 0) is 6.54 Å². The van der Waals surface area contributed by atoms with Gasteiger partial charge in [0.25, 0.3) is 0 Å². The third-order valence-electron chi connectivity index (χ3n) is 3.21. The zero-order chi connectivity index (χ0) is 11.4. The number of rotatable bonds is 3. The van der Waals surface area contributed by atoms with E-state index in [1.54, 1.807) is 6.07 Å². The number of hydrogen-bond acceptors (Lipinski definition) is 3. The molecule has 2 N–H and O–H groups in total. The molecule has 1 aromatic carbocycles. The number of likely N-dealkylation sites (tertiary alicyclic amines) is 1. The zero-order valence-electron chi connectivity index (χ0n) is 10.7. The predicted molar refractivity (Wildman–Crippen MR) is 81.3 cm³/mol. The Morgan fingerprint density at radius 1 is 1.17 bits per heavy atom. The summed E-state index contributed by atoms with van der Waals surface area (Å²) < 4.78 is 0. The van der Waals surface area contributed by atoms with Crippen molar-refractivity contribution in [3.63, 3.8) is 0 Å². The Kier molecular flexibility index (Phi) is 8.16.